The van der Waals surface area contributed by atoms with E-state index in [0.717, 1.165) is 6.26 Å². The maximum absolute atomic E-state index is 12.5. The minimum atomic E-state index is -3.56. The van der Waals surface area contributed by atoms with E-state index in [1.807, 2.05) is 20.8 Å². The molecule has 1 aliphatic carbocycles. The van der Waals surface area contributed by atoms with Crippen molar-refractivity contribution in [3.05, 3.63) is 0 Å². The number of hydrogen-bond acceptors (Lipinski definition) is 6. The predicted octanol–water partition coefficient (Wildman–Crippen LogP) is 1.07. The van der Waals surface area contributed by atoms with Gasteiger partial charge in [-0.3, -0.25) is 4.79 Å². The van der Waals surface area contributed by atoms with Crippen LogP contribution in [0.25, 0.3) is 0 Å². The van der Waals surface area contributed by atoms with Crippen LogP contribution in [0.2, 0.25) is 0 Å². The molecule has 2 unspecified atom stereocenters. The maximum Gasteiger partial charge on any atom is 0.409 e. The summed E-state index contributed by atoms with van der Waals surface area (Å²) in [6.07, 6.45) is 1.70. The van der Waals surface area contributed by atoms with Gasteiger partial charge in [0.25, 0.3) is 0 Å². The Morgan fingerprint density at radius 1 is 1.08 bits per heavy atom. The molecule has 0 aromatic rings. The molecular formula is C16H28N2O6S. The van der Waals surface area contributed by atoms with Crippen LogP contribution in [0, 0.1) is 10.8 Å². The highest BCUT2D eigenvalue weighted by Crippen LogP contribution is 2.56. The molecule has 0 spiro atoms. The predicted molar refractivity (Wildman–Crippen MR) is 91.4 cm³/mol. The number of hydrogen-bond donors (Lipinski definition) is 0. The van der Waals surface area contributed by atoms with Gasteiger partial charge in [0.05, 0.1) is 38.0 Å². The van der Waals surface area contributed by atoms with Crippen LogP contribution in [0.5, 0.6) is 0 Å². The molecule has 2 atom stereocenters. The molecular weight excluding hydrogens is 348 g/mol. The summed E-state index contributed by atoms with van der Waals surface area (Å²) in [5.74, 6) is -0.424. The number of rotatable bonds is 3. The third-order valence-corrected chi connectivity index (χ3v) is 6.44. The number of esters is 1. The molecule has 25 heavy (non-hydrogen) atoms. The van der Waals surface area contributed by atoms with Crippen LogP contribution in [0.3, 0.4) is 0 Å². The minimum Gasteiger partial charge on any atom is -0.469 e. The second-order valence-corrected chi connectivity index (χ2v) is 9.88. The van der Waals surface area contributed by atoms with Crippen molar-refractivity contribution in [2.75, 3.05) is 33.6 Å². The summed E-state index contributed by atoms with van der Waals surface area (Å²) in [6.45, 7) is 6.14. The van der Waals surface area contributed by atoms with Crippen LogP contribution in [0.1, 0.15) is 33.6 Å². The fourth-order valence-electron chi connectivity index (χ4n) is 3.98. The Labute approximate surface area is 149 Å². The van der Waals surface area contributed by atoms with Crippen molar-refractivity contribution in [2.24, 2.45) is 10.8 Å². The average Bonchev–Trinajstić information content (AvgIpc) is 3.31. The number of ether oxygens (including phenoxy) is 2. The molecule has 2 aliphatic rings. The lowest BCUT2D eigenvalue weighted by Crippen LogP contribution is -2.69. The first-order valence-electron chi connectivity index (χ1n) is 8.30. The van der Waals surface area contributed by atoms with E-state index in [1.165, 1.54) is 18.5 Å². The van der Waals surface area contributed by atoms with Crippen LogP contribution in [0.4, 0.5) is 4.79 Å². The van der Waals surface area contributed by atoms with Crippen LogP contribution < -0.4 is 0 Å². The fraction of sp³-hybridized carbons (Fsp3) is 0.875. The summed E-state index contributed by atoms with van der Waals surface area (Å²) in [5.41, 5.74) is -1.38. The quantitative estimate of drug-likeness (QED) is 0.684. The zero-order chi connectivity index (χ0) is 19.2. The number of sulfonamides is 1. The molecule has 0 radical (unpaired) electrons. The Balaban J connectivity index is 2.61. The normalized spacial score (nSPS) is 26.9. The smallest absolute Gasteiger partial charge is 0.409 e. The lowest BCUT2D eigenvalue weighted by molar-refractivity contribution is -0.152. The molecule has 8 nitrogen and oxygen atoms in total. The van der Waals surface area contributed by atoms with Gasteiger partial charge in [0.15, 0.2) is 0 Å². The van der Waals surface area contributed by atoms with Gasteiger partial charge in [0.2, 0.25) is 10.0 Å². The van der Waals surface area contributed by atoms with Gasteiger partial charge in [-0.05, 0) is 18.3 Å². The fourth-order valence-corrected chi connectivity index (χ4v) is 5.13. The zero-order valence-corrected chi connectivity index (χ0v) is 16.6. The minimum absolute atomic E-state index is 0.129. The van der Waals surface area contributed by atoms with E-state index in [2.05, 4.69) is 0 Å². The summed E-state index contributed by atoms with van der Waals surface area (Å²) in [6, 6.07) is -1.19. The molecule has 0 aromatic carbocycles. The van der Waals surface area contributed by atoms with Gasteiger partial charge in [0.1, 0.15) is 0 Å². The zero-order valence-electron chi connectivity index (χ0n) is 15.7. The molecule has 9 heteroatoms. The Hall–Kier alpha value is -1.35. The summed E-state index contributed by atoms with van der Waals surface area (Å²) in [4.78, 5) is 26.4. The van der Waals surface area contributed by atoms with Crippen LogP contribution in [0.15, 0.2) is 0 Å². The van der Waals surface area contributed by atoms with Gasteiger partial charge in [-0.2, -0.15) is 4.31 Å². The molecule has 144 valence electrons. The van der Waals surface area contributed by atoms with Gasteiger partial charge in [-0.1, -0.05) is 20.8 Å². The second kappa shape index (κ2) is 6.42. The van der Waals surface area contributed by atoms with E-state index in [0.29, 0.717) is 12.8 Å². The molecule has 2 fully saturated rings. The molecule has 0 bridgehead atoms. The van der Waals surface area contributed by atoms with Crippen LogP contribution in [-0.2, 0) is 24.3 Å². The Kier molecular flexibility index (Phi) is 5.13. The van der Waals surface area contributed by atoms with Gasteiger partial charge < -0.3 is 14.4 Å². The first-order valence-corrected chi connectivity index (χ1v) is 10.1. The highest BCUT2D eigenvalue weighted by Gasteiger charge is 2.66. The molecule has 1 saturated carbocycles. The van der Waals surface area contributed by atoms with E-state index in [1.54, 1.807) is 4.90 Å². The molecule has 1 saturated heterocycles. The first-order chi connectivity index (χ1) is 11.4. The molecule has 1 amide bonds. The van der Waals surface area contributed by atoms with Crippen molar-refractivity contribution in [3.8, 4) is 0 Å². The van der Waals surface area contributed by atoms with E-state index >= 15 is 0 Å². The molecule has 1 aliphatic heterocycles. The highest BCUT2D eigenvalue weighted by molar-refractivity contribution is 7.88. The molecule has 0 aromatic heterocycles. The SMILES string of the molecule is COC(=O)N1CCN(S(C)(=O)=O)C(C2(C(=O)OC)CC2)C1C(C)(C)C. The largest absolute Gasteiger partial charge is 0.469 e. The molecule has 0 N–H and O–H groups in total. The van der Waals surface area contributed by atoms with Crippen molar-refractivity contribution in [1.82, 2.24) is 9.21 Å². The monoisotopic (exact) mass is 376 g/mol. The van der Waals surface area contributed by atoms with E-state index in [4.69, 9.17) is 9.47 Å². The molecule has 2 rings (SSSR count). The molecule has 1 heterocycles. The average molecular weight is 376 g/mol. The Bertz CT molecular complexity index is 650. The third kappa shape index (κ3) is 3.48. The summed E-state index contributed by atoms with van der Waals surface area (Å²) < 4.78 is 36.1. The van der Waals surface area contributed by atoms with E-state index in [-0.39, 0.29) is 13.1 Å². The van der Waals surface area contributed by atoms with Gasteiger partial charge in [-0.25, -0.2) is 13.2 Å². The lowest BCUT2D eigenvalue weighted by atomic mass is 9.74. The topological polar surface area (TPSA) is 93.2 Å². The van der Waals surface area contributed by atoms with Crippen molar-refractivity contribution in [3.63, 3.8) is 0 Å². The second-order valence-electron chi connectivity index (χ2n) is 7.94. The maximum atomic E-state index is 12.5. The summed E-state index contributed by atoms with van der Waals surface area (Å²) >= 11 is 0. The van der Waals surface area contributed by atoms with E-state index < -0.39 is 45.0 Å². The highest BCUT2D eigenvalue weighted by atomic mass is 32.2. The Morgan fingerprint density at radius 3 is 2.00 bits per heavy atom. The van der Waals surface area contributed by atoms with Crippen molar-refractivity contribution < 1.29 is 27.5 Å². The van der Waals surface area contributed by atoms with E-state index in [9.17, 15) is 18.0 Å². The standard InChI is InChI=1S/C16H28N2O6S/c1-15(2,3)11-12(16(7-8-16)13(19)23-4)18(25(6,21)22)10-9-17(11)14(20)24-5/h11-12H,7-10H2,1-6H3. The van der Waals surface area contributed by atoms with Gasteiger partial charge in [-0.15, -0.1) is 0 Å². The van der Waals surface area contributed by atoms with Crippen molar-refractivity contribution >= 4 is 22.1 Å². The number of nitrogens with zero attached hydrogens (tertiary/aromatic N) is 2. The van der Waals surface area contributed by atoms with Crippen molar-refractivity contribution in [2.45, 2.75) is 45.7 Å². The number of piperazine rings is 1. The number of methoxy groups -OCH3 is 2. The third-order valence-electron chi connectivity index (χ3n) is 5.18. The van der Waals surface area contributed by atoms with Crippen LogP contribution >= 0.6 is 0 Å². The number of carbonyl (C=O) groups excluding carboxylic acids is 2. The van der Waals surface area contributed by atoms with Crippen molar-refractivity contribution in [1.29, 1.82) is 0 Å². The van der Waals surface area contributed by atoms with Gasteiger partial charge >= 0.3 is 12.1 Å². The van der Waals surface area contributed by atoms with Gasteiger partial charge in [0, 0.05) is 13.1 Å². The first kappa shape index (κ1) is 20.0. The Morgan fingerprint density at radius 2 is 1.64 bits per heavy atom. The summed E-state index contributed by atoms with van der Waals surface area (Å²) in [5, 5.41) is 0. The summed E-state index contributed by atoms with van der Waals surface area (Å²) in [7, 11) is -0.958. The number of carbonyl (C=O) groups is 2. The number of amides is 1. The lowest BCUT2D eigenvalue weighted by Gasteiger charge is -2.53. The van der Waals surface area contributed by atoms with Crippen LogP contribution in [-0.4, -0.2) is 75.3 Å².